The molecule has 37 heavy (non-hydrogen) atoms. The van der Waals surface area contributed by atoms with Gasteiger partial charge in [0.15, 0.2) is 11.5 Å². The van der Waals surface area contributed by atoms with Crippen LogP contribution in [0.25, 0.3) is 44.8 Å². The number of nitrogens with zero attached hydrogens (tertiary/aromatic N) is 8. The Labute approximate surface area is 214 Å². The average molecular weight is 495 g/mol. The average Bonchev–Trinajstić information content (AvgIpc) is 3.68. The number of rotatable bonds is 5. The lowest BCUT2D eigenvalue weighted by Crippen LogP contribution is -2.44. The van der Waals surface area contributed by atoms with Crippen LogP contribution in [-0.4, -0.2) is 91.2 Å². The molecule has 0 amide bonds. The first-order valence-corrected chi connectivity index (χ1v) is 13.0. The van der Waals surface area contributed by atoms with Gasteiger partial charge in [0.1, 0.15) is 11.2 Å². The minimum absolute atomic E-state index is 0.702. The van der Waals surface area contributed by atoms with E-state index < -0.39 is 0 Å². The van der Waals surface area contributed by atoms with E-state index in [0.29, 0.717) is 11.5 Å². The highest BCUT2D eigenvalue weighted by molar-refractivity contribution is 5.95. The smallest absolute Gasteiger partial charge is 0.180 e. The molecule has 2 N–H and O–H groups in total. The molecule has 0 unspecified atom stereocenters. The topological polar surface area (TPSA) is 106 Å². The fraction of sp³-hybridized carbons (Fsp3) is 0.370. The maximum atomic E-state index is 4.83. The normalized spacial score (nSPS) is 17.4. The number of nitrogens with one attached hydrogen (secondary N) is 2. The zero-order valence-electron chi connectivity index (χ0n) is 21.0. The largest absolute Gasteiger partial charge is 0.367 e. The quantitative estimate of drug-likeness (QED) is 0.383. The molecule has 7 heterocycles. The summed E-state index contributed by atoms with van der Waals surface area (Å²) >= 11 is 0. The van der Waals surface area contributed by atoms with Crippen molar-refractivity contribution in [2.24, 2.45) is 0 Å². The van der Waals surface area contributed by atoms with Crippen molar-refractivity contribution >= 4 is 27.8 Å². The van der Waals surface area contributed by atoms with Crippen molar-refractivity contribution in [2.45, 2.75) is 19.4 Å². The highest BCUT2D eigenvalue weighted by Gasteiger charge is 2.21. The van der Waals surface area contributed by atoms with E-state index >= 15 is 0 Å². The first-order valence-electron chi connectivity index (χ1n) is 13.0. The van der Waals surface area contributed by atoms with E-state index in [9.17, 15) is 0 Å². The van der Waals surface area contributed by atoms with Crippen molar-refractivity contribution in [1.82, 2.24) is 44.9 Å². The number of imidazole rings is 1. The second-order valence-electron chi connectivity index (χ2n) is 10.2. The zero-order chi connectivity index (χ0) is 24.8. The summed E-state index contributed by atoms with van der Waals surface area (Å²) in [6, 6.07) is 6.35. The predicted molar refractivity (Wildman–Crippen MR) is 144 cm³/mol. The highest BCUT2D eigenvalue weighted by atomic mass is 15.3. The van der Waals surface area contributed by atoms with E-state index in [4.69, 9.17) is 9.97 Å². The van der Waals surface area contributed by atoms with E-state index in [0.717, 1.165) is 84.9 Å². The molecule has 0 saturated carbocycles. The van der Waals surface area contributed by atoms with Crippen molar-refractivity contribution in [3.63, 3.8) is 0 Å². The van der Waals surface area contributed by atoms with Crippen LogP contribution in [0, 0.1) is 0 Å². The van der Waals surface area contributed by atoms with Crippen LogP contribution in [0.5, 0.6) is 0 Å². The lowest BCUT2D eigenvalue weighted by molar-refractivity contribution is 0.313. The van der Waals surface area contributed by atoms with Crippen molar-refractivity contribution in [3.05, 3.63) is 48.5 Å². The SMILES string of the molecule is CN1CCN(c2ccnc3nc(-c4n[nH]c5cnc(-c6cncc(CN7CCCC7)c6)cc45)[nH]c23)CC1. The third kappa shape index (κ3) is 4.21. The first-order chi connectivity index (χ1) is 18.2. The third-order valence-electron chi connectivity index (χ3n) is 7.58. The summed E-state index contributed by atoms with van der Waals surface area (Å²) in [6.45, 7) is 7.30. The number of anilines is 1. The molecule has 2 fully saturated rings. The number of pyridine rings is 3. The molecule has 188 valence electrons. The Kier molecular flexibility index (Phi) is 5.55. The number of piperazine rings is 1. The number of likely N-dealkylation sites (tertiary alicyclic amines) is 1. The molecule has 2 aliphatic heterocycles. The van der Waals surface area contributed by atoms with Crippen molar-refractivity contribution in [3.8, 4) is 22.8 Å². The van der Waals surface area contributed by atoms with Gasteiger partial charge in [0, 0.05) is 62.3 Å². The molecule has 0 atom stereocenters. The van der Waals surface area contributed by atoms with E-state index in [1.807, 2.05) is 24.8 Å². The molecule has 0 aromatic carbocycles. The molecule has 2 aliphatic rings. The number of likely N-dealkylation sites (N-methyl/N-ethyl adjacent to an activating group) is 1. The molecule has 10 nitrogen and oxygen atoms in total. The summed E-state index contributed by atoms with van der Waals surface area (Å²) in [5.74, 6) is 0.702. The van der Waals surface area contributed by atoms with Crippen LogP contribution in [0.15, 0.2) is 43.0 Å². The predicted octanol–water partition coefficient (Wildman–Crippen LogP) is 3.31. The van der Waals surface area contributed by atoms with Gasteiger partial charge < -0.3 is 14.8 Å². The summed E-state index contributed by atoms with van der Waals surface area (Å²) in [4.78, 5) is 29.3. The molecule has 0 aliphatic carbocycles. The first kappa shape index (κ1) is 22.3. The number of aromatic nitrogens is 7. The summed E-state index contributed by atoms with van der Waals surface area (Å²) in [6.07, 6.45) is 10.1. The zero-order valence-corrected chi connectivity index (χ0v) is 21.0. The van der Waals surface area contributed by atoms with Crippen LogP contribution in [0.3, 0.4) is 0 Å². The summed E-state index contributed by atoms with van der Waals surface area (Å²) in [7, 11) is 2.17. The van der Waals surface area contributed by atoms with E-state index in [1.165, 1.54) is 18.4 Å². The maximum Gasteiger partial charge on any atom is 0.180 e. The van der Waals surface area contributed by atoms with E-state index in [1.54, 1.807) is 0 Å². The molecule has 0 radical (unpaired) electrons. The number of fused-ring (bicyclic) bond motifs is 2. The molecular weight excluding hydrogens is 464 g/mol. The Balaban J connectivity index is 1.24. The Morgan fingerprint density at radius 1 is 0.946 bits per heavy atom. The number of H-pyrrole nitrogens is 2. The van der Waals surface area contributed by atoms with Gasteiger partial charge in [-0.2, -0.15) is 5.10 Å². The lowest BCUT2D eigenvalue weighted by atomic mass is 10.1. The number of hydrogen-bond acceptors (Lipinski definition) is 8. The van der Waals surface area contributed by atoms with Gasteiger partial charge in [0.2, 0.25) is 0 Å². The maximum absolute atomic E-state index is 4.83. The number of hydrogen-bond donors (Lipinski definition) is 2. The summed E-state index contributed by atoms with van der Waals surface area (Å²) < 4.78 is 0. The number of aromatic amines is 2. The van der Waals surface area contributed by atoms with Gasteiger partial charge in [0.25, 0.3) is 0 Å². The molecule has 0 bridgehead atoms. The van der Waals surface area contributed by atoms with Crippen molar-refractivity contribution < 1.29 is 0 Å². The monoisotopic (exact) mass is 494 g/mol. The van der Waals surface area contributed by atoms with Gasteiger partial charge in [-0.3, -0.25) is 20.0 Å². The minimum Gasteiger partial charge on any atom is -0.367 e. The van der Waals surface area contributed by atoms with E-state index in [2.05, 4.69) is 65.1 Å². The van der Waals surface area contributed by atoms with Gasteiger partial charge in [0.05, 0.1) is 23.1 Å². The van der Waals surface area contributed by atoms with Crippen LogP contribution in [-0.2, 0) is 6.54 Å². The molecule has 7 rings (SSSR count). The van der Waals surface area contributed by atoms with Crippen LogP contribution >= 0.6 is 0 Å². The Morgan fingerprint density at radius 3 is 2.68 bits per heavy atom. The van der Waals surface area contributed by atoms with Gasteiger partial charge >= 0.3 is 0 Å². The third-order valence-corrected chi connectivity index (χ3v) is 7.58. The summed E-state index contributed by atoms with van der Waals surface area (Å²) in [5.41, 5.74) is 7.53. The second kappa shape index (κ2) is 9.20. The molecule has 5 aromatic rings. The molecule has 10 heteroatoms. The fourth-order valence-corrected chi connectivity index (χ4v) is 5.49. The molecule has 5 aromatic heterocycles. The van der Waals surface area contributed by atoms with Crippen molar-refractivity contribution in [2.75, 3.05) is 51.2 Å². The Hall–Kier alpha value is -3.89. The van der Waals surface area contributed by atoms with Crippen LogP contribution in [0.4, 0.5) is 5.69 Å². The van der Waals surface area contributed by atoms with Crippen LogP contribution in [0.1, 0.15) is 18.4 Å². The van der Waals surface area contributed by atoms with Gasteiger partial charge in [-0.05, 0) is 56.7 Å². The van der Waals surface area contributed by atoms with Gasteiger partial charge in [-0.25, -0.2) is 9.97 Å². The minimum atomic E-state index is 0.702. The Morgan fingerprint density at radius 2 is 1.81 bits per heavy atom. The fourth-order valence-electron chi connectivity index (χ4n) is 5.49. The lowest BCUT2D eigenvalue weighted by Gasteiger charge is -2.34. The van der Waals surface area contributed by atoms with Gasteiger partial charge in [-0.15, -0.1) is 0 Å². The standard InChI is InChI=1S/C27H30N10/c1-35-8-10-37(11-9-35)23-4-5-29-26-25(23)31-27(32-26)24-20-13-21(30-16-22(20)33-34-24)19-12-18(14-28-15-19)17-36-6-2-3-7-36/h4-5,12-16H,2-3,6-11,17H2,1H3,(H,33,34)(H,29,31,32). The molecule has 2 saturated heterocycles. The van der Waals surface area contributed by atoms with E-state index in [-0.39, 0.29) is 0 Å². The van der Waals surface area contributed by atoms with Crippen molar-refractivity contribution in [1.29, 1.82) is 0 Å². The second-order valence-corrected chi connectivity index (χ2v) is 10.2. The highest BCUT2D eigenvalue weighted by Crippen LogP contribution is 2.31. The van der Waals surface area contributed by atoms with Crippen LogP contribution < -0.4 is 4.90 Å². The van der Waals surface area contributed by atoms with Gasteiger partial charge in [-0.1, -0.05) is 0 Å². The molecular formula is C27H30N10. The Bertz CT molecular complexity index is 1560. The van der Waals surface area contributed by atoms with Crippen LogP contribution in [0.2, 0.25) is 0 Å². The summed E-state index contributed by atoms with van der Waals surface area (Å²) in [5, 5.41) is 8.69. The molecule has 0 spiro atoms.